The first-order valence-corrected chi connectivity index (χ1v) is 16.8. The molecule has 4 rings (SSSR count). The Bertz CT molecular complexity index is 1770. The summed E-state index contributed by atoms with van der Waals surface area (Å²) in [7, 11) is -3.49. The van der Waals surface area contributed by atoms with Crippen molar-refractivity contribution in [3.63, 3.8) is 0 Å². The van der Waals surface area contributed by atoms with Crippen LogP contribution in [-0.2, 0) is 34.7 Å². The lowest BCUT2D eigenvalue weighted by molar-refractivity contribution is -0.0403. The first-order chi connectivity index (χ1) is 23.5. The molecule has 2 bridgehead atoms. The van der Waals surface area contributed by atoms with Crippen molar-refractivity contribution in [2.24, 2.45) is 5.16 Å². The highest BCUT2D eigenvalue weighted by atomic mass is 31.2. The van der Waals surface area contributed by atoms with Crippen LogP contribution in [0.5, 0.6) is 5.75 Å². The molecule has 2 aromatic rings. The zero-order valence-corrected chi connectivity index (χ0v) is 28.6. The summed E-state index contributed by atoms with van der Waals surface area (Å²) < 4.78 is 65.1. The first kappa shape index (κ1) is 38.2. The second-order valence-corrected chi connectivity index (χ2v) is 12.8. The Morgan fingerprint density at radius 3 is 2.56 bits per heavy atom. The van der Waals surface area contributed by atoms with Gasteiger partial charge in [0.25, 0.3) is 11.8 Å². The van der Waals surface area contributed by atoms with Crippen LogP contribution in [0.4, 0.5) is 13.6 Å². The van der Waals surface area contributed by atoms with Crippen LogP contribution in [0.2, 0.25) is 0 Å². The largest absolute Gasteiger partial charge is 0.511 e. The Morgan fingerprint density at radius 1 is 1.18 bits per heavy atom. The third kappa shape index (κ3) is 9.15. The highest BCUT2D eigenvalue weighted by Crippen LogP contribution is 2.39. The van der Waals surface area contributed by atoms with Crippen LogP contribution in [0, 0.1) is 11.6 Å². The molecule has 1 fully saturated rings. The molecule has 3 heterocycles. The Labute approximate surface area is 288 Å². The first-order valence-electron chi connectivity index (χ1n) is 15.3. The van der Waals surface area contributed by atoms with Gasteiger partial charge in [-0.15, -0.1) is 0 Å². The molecule has 17 nitrogen and oxygen atoms in total. The Kier molecular flexibility index (Phi) is 12.2. The lowest BCUT2D eigenvalue weighted by atomic mass is 10.0. The number of rotatable bonds is 12. The number of hydrogen-bond donors (Lipinski definition) is 3. The van der Waals surface area contributed by atoms with Crippen LogP contribution in [0.25, 0.3) is 0 Å². The van der Waals surface area contributed by atoms with Gasteiger partial charge in [0.15, 0.2) is 5.69 Å². The van der Waals surface area contributed by atoms with Gasteiger partial charge in [-0.3, -0.25) is 18.9 Å². The highest BCUT2D eigenvalue weighted by molar-refractivity contribution is 7.46. The van der Waals surface area contributed by atoms with E-state index in [1.807, 2.05) is 6.92 Å². The van der Waals surface area contributed by atoms with E-state index in [4.69, 9.17) is 33.6 Å². The summed E-state index contributed by atoms with van der Waals surface area (Å²) in [6.07, 6.45) is -2.48. The molecule has 20 heteroatoms. The normalized spacial score (nSPS) is 20.2. The maximum absolute atomic E-state index is 14.3. The summed E-state index contributed by atoms with van der Waals surface area (Å²) in [6, 6.07) is 1.73. The molecule has 50 heavy (non-hydrogen) atoms. The van der Waals surface area contributed by atoms with Gasteiger partial charge in [-0.05, 0) is 39.7 Å². The number of carbonyl (C=O) groups excluding carboxylic acids is 3. The number of nitrogens with one attached hydrogen (secondary N) is 1. The van der Waals surface area contributed by atoms with Gasteiger partial charge in [0.2, 0.25) is 23.9 Å². The Hall–Kier alpha value is -4.58. The number of hydrogen-bond acceptors (Lipinski definition) is 12. The lowest BCUT2D eigenvalue weighted by Gasteiger charge is -2.38. The van der Waals surface area contributed by atoms with Gasteiger partial charge >= 0.3 is 14.0 Å². The molecule has 2 amide bonds. The van der Waals surface area contributed by atoms with Crippen molar-refractivity contribution in [2.75, 3.05) is 20.4 Å². The van der Waals surface area contributed by atoms with Crippen LogP contribution >= 0.6 is 7.82 Å². The van der Waals surface area contributed by atoms with Crippen molar-refractivity contribution in [2.45, 2.75) is 77.5 Å². The van der Waals surface area contributed by atoms with E-state index >= 15 is 0 Å². The number of halogens is 2. The minimum absolute atomic E-state index is 0. The minimum Gasteiger partial charge on any atom is -0.482 e. The van der Waals surface area contributed by atoms with Crippen LogP contribution in [0.3, 0.4) is 0 Å². The van der Waals surface area contributed by atoms with Gasteiger partial charge in [0.1, 0.15) is 35.5 Å². The molecule has 280 valence electrons. The number of benzene rings is 1. The number of pyridine rings is 1. The topological polar surface area (TPSA) is 214 Å². The van der Waals surface area contributed by atoms with E-state index in [2.05, 4.69) is 15.0 Å². The molecule has 1 aromatic heterocycles. The molecule has 0 unspecified atom stereocenters. The number of phosphoric acid groups is 1. The average molecular weight is 737 g/mol. The fourth-order valence-electron chi connectivity index (χ4n) is 5.27. The number of carbonyl (C=O) groups is 3. The van der Waals surface area contributed by atoms with Crippen LogP contribution in [0.15, 0.2) is 34.3 Å². The van der Waals surface area contributed by atoms with E-state index < -0.39 is 91.9 Å². The summed E-state index contributed by atoms with van der Waals surface area (Å²) in [4.78, 5) is 78.8. The number of oxime groups is 1. The lowest BCUT2D eigenvalue weighted by Crippen LogP contribution is -2.49. The van der Waals surface area contributed by atoms with Crippen LogP contribution < -0.4 is 15.5 Å². The van der Waals surface area contributed by atoms with Gasteiger partial charge in [0, 0.05) is 48.2 Å². The van der Waals surface area contributed by atoms with E-state index in [1.54, 1.807) is 6.92 Å². The molecule has 2 aliphatic rings. The summed E-state index contributed by atoms with van der Waals surface area (Å²) >= 11 is 0. The van der Waals surface area contributed by atoms with Crippen molar-refractivity contribution >= 4 is 31.7 Å². The smallest absolute Gasteiger partial charge is 0.482 e. The molecule has 3 N–H and O–H groups in total. The van der Waals surface area contributed by atoms with Crippen molar-refractivity contribution in [1.29, 1.82) is 0 Å². The zero-order valence-electron chi connectivity index (χ0n) is 27.7. The van der Waals surface area contributed by atoms with E-state index in [0.29, 0.717) is 18.9 Å². The quantitative estimate of drug-likeness (QED) is 0.0709. The summed E-state index contributed by atoms with van der Waals surface area (Å²) in [5.41, 5.74) is -1.95. The molecule has 0 spiro atoms. The van der Waals surface area contributed by atoms with E-state index in [9.17, 15) is 32.5 Å². The molecule has 1 saturated heterocycles. The zero-order chi connectivity index (χ0) is 36.9. The third-order valence-electron chi connectivity index (χ3n) is 8.16. The number of methoxy groups -OCH3 is 1. The monoisotopic (exact) mass is 736 g/mol. The summed E-state index contributed by atoms with van der Waals surface area (Å²) in [6.45, 7) is 4.56. The number of ether oxygens (including phenoxy) is 4. The van der Waals surface area contributed by atoms with Crippen molar-refractivity contribution in [3.05, 3.63) is 63.1 Å². The van der Waals surface area contributed by atoms with E-state index in [0.717, 1.165) is 18.3 Å². The maximum Gasteiger partial charge on any atom is 0.511 e. The molecule has 0 radical (unpaired) electrons. The standard InChI is InChI=1S/C30H37F2N4O13P.3H2/c1-15-6-9-24(48-34-18(4)44-5)23-13-35(15)29(39)25-27(45-14-46-30(40)47-16(2)17(3)49-50(41,42)43)26(37)21(12-36(23)25)28(38)33-11-19-7-8-20(31)10-22(19)32;;;/h7-8,10,12,15-17,23-24H,6,9,11,13-14H2,1-5H3,(H,33,38)(H2,41,42,43);3*1H/b34-18+;;;/t15-,16-,17-,23+,24+;;;/m0.../s1. The number of phosphoric ester groups is 1. The molecular weight excluding hydrogens is 693 g/mol. The third-order valence-corrected chi connectivity index (χ3v) is 8.77. The number of amides is 2. The molecule has 0 aliphatic carbocycles. The summed E-state index contributed by atoms with van der Waals surface area (Å²) in [5, 5.41) is 6.40. The predicted molar refractivity (Wildman–Crippen MR) is 173 cm³/mol. The van der Waals surface area contributed by atoms with Gasteiger partial charge in [-0.1, -0.05) is 11.2 Å². The fourth-order valence-corrected chi connectivity index (χ4v) is 5.88. The van der Waals surface area contributed by atoms with Gasteiger partial charge < -0.3 is 48.4 Å². The SMILES string of the molecule is CO/C(C)=N/O[C@@H]1CC[C@H](C)N2C[C@H]1n1cc(C(=O)NCc3ccc(F)cc3F)c(=O)c(OCOC(=O)O[C@@H](C)[C@H](C)OP(=O)(O)O)c1C2=O.[HH].[HH].[HH]. The van der Waals surface area contributed by atoms with Gasteiger partial charge in [-0.2, -0.15) is 0 Å². The van der Waals surface area contributed by atoms with Crippen molar-refractivity contribution in [1.82, 2.24) is 14.8 Å². The molecule has 0 saturated carbocycles. The number of fused-ring (bicyclic) bond motifs is 4. The number of aromatic nitrogens is 1. The number of nitrogens with zero attached hydrogens (tertiary/aromatic N) is 3. The van der Waals surface area contributed by atoms with Crippen molar-refractivity contribution < 1.29 is 70.1 Å². The van der Waals surface area contributed by atoms with Crippen LogP contribution in [0.1, 0.15) is 77.3 Å². The van der Waals surface area contributed by atoms with E-state index in [-0.39, 0.29) is 34.0 Å². The van der Waals surface area contributed by atoms with E-state index in [1.165, 1.54) is 30.4 Å². The second-order valence-electron chi connectivity index (χ2n) is 11.6. The Balaban J connectivity index is 0.00000468. The molecule has 5 atom stereocenters. The maximum atomic E-state index is 14.3. The fraction of sp³-hybridized carbons (Fsp3) is 0.500. The summed E-state index contributed by atoms with van der Waals surface area (Å²) in [5.74, 6) is -3.82. The van der Waals surface area contributed by atoms with Gasteiger partial charge in [-0.25, -0.2) is 18.1 Å². The van der Waals surface area contributed by atoms with Crippen LogP contribution in [-0.4, -0.2) is 87.9 Å². The molecule has 1 aromatic carbocycles. The Morgan fingerprint density at radius 2 is 1.90 bits per heavy atom. The van der Waals surface area contributed by atoms with Crippen molar-refractivity contribution in [3.8, 4) is 5.75 Å². The molecular formula is C30H43F2N4O13P. The molecule has 2 aliphatic heterocycles. The second kappa shape index (κ2) is 16.0. The minimum atomic E-state index is -4.89. The average Bonchev–Trinajstić information content (AvgIpc) is 3.18. The van der Waals surface area contributed by atoms with Gasteiger partial charge in [0.05, 0.1) is 13.2 Å². The predicted octanol–water partition coefficient (Wildman–Crippen LogP) is 3.71. The highest BCUT2D eigenvalue weighted by Gasteiger charge is 2.44.